The van der Waals surface area contributed by atoms with Crippen molar-refractivity contribution in [2.45, 2.75) is 33.2 Å². The van der Waals surface area contributed by atoms with E-state index < -0.39 is 12.0 Å². The Bertz CT molecular complexity index is 357. The van der Waals surface area contributed by atoms with Gasteiger partial charge in [-0.15, -0.1) is 0 Å². The van der Waals surface area contributed by atoms with Crippen LogP contribution in [0.25, 0.3) is 0 Å². The van der Waals surface area contributed by atoms with E-state index in [4.69, 9.17) is 5.11 Å². The van der Waals surface area contributed by atoms with Crippen LogP contribution in [0.5, 0.6) is 0 Å². The maximum absolute atomic E-state index is 11.2. The zero-order chi connectivity index (χ0) is 10.9. The molecular weight excluding hydrogens is 184 g/mol. The van der Waals surface area contributed by atoms with Crippen molar-refractivity contribution < 1.29 is 14.6 Å². The molecule has 0 aliphatic carbocycles. The van der Waals surface area contributed by atoms with E-state index in [-0.39, 0.29) is 0 Å². The Morgan fingerprint density at radius 2 is 2.29 bits per heavy atom. The molecule has 0 fully saturated rings. The average molecular weight is 198 g/mol. The number of carboxylic acids is 1. The van der Waals surface area contributed by atoms with Gasteiger partial charge >= 0.3 is 5.97 Å². The van der Waals surface area contributed by atoms with Crippen LogP contribution >= 0.6 is 0 Å². The summed E-state index contributed by atoms with van der Waals surface area (Å²) in [6, 6.07) is -0.649. The van der Waals surface area contributed by atoms with Crippen LogP contribution in [0.1, 0.15) is 30.8 Å². The molecule has 0 amide bonds. The zero-order valence-corrected chi connectivity index (χ0v) is 8.52. The number of imidazole rings is 1. The van der Waals surface area contributed by atoms with E-state index in [1.807, 2.05) is 0 Å². The van der Waals surface area contributed by atoms with E-state index in [1.54, 1.807) is 20.8 Å². The molecule has 5 nitrogen and oxygen atoms in total. The summed E-state index contributed by atoms with van der Waals surface area (Å²) in [6.07, 6.45) is 1.75. The summed E-state index contributed by atoms with van der Waals surface area (Å²) in [7, 11) is 0. The van der Waals surface area contributed by atoms with Crippen molar-refractivity contribution in [3.63, 3.8) is 0 Å². The lowest BCUT2D eigenvalue weighted by Gasteiger charge is -2.06. The van der Waals surface area contributed by atoms with Crippen LogP contribution in [0.3, 0.4) is 0 Å². The Morgan fingerprint density at radius 1 is 1.71 bits per heavy atom. The smallest absolute Gasteiger partial charge is 0.349 e. The van der Waals surface area contributed by atoms with Gasteiger partial charge in [0, 0.05) is 13.8 Å². The van der Waals surface area contributed by atoms with Gasteiger partial charge in [-0.3, -0.25) is 0 Å². The highest BCUT2D eigenvalue weighted by atomic mass is 16.5. The number of hydrogen-bond donors (Lipinski definition) is 1. The lowest BCUT2D eigenvalue weighted by Crippen LogP contribution is -2.27. The molecule has 1 N–H and O–H groups in total. The van der Waals surface area contributed by atoms with Gasteiger partial charge in [0.2, 0.25) is 6.33 Å². The van der Waals surface area contributed by atoms with E-state index in [0.29, 0.717) is 22.5 Å². The fourth-order valence-corrected chi connectivity index (χ4v) is 1.44. The van der Waals surface area contributed by atoms with Crippen molar-refractivity contribution in [2.75, 3.05) is 0 Å². The average Bonchev–Trinajstić information content (AvgIpc) is 2.35. The molecule has 1 heterocycles. The second-order valence-corrected chi connectivity index (χ2v) is 3.28. The van der Waals surface area contributed by atoms with E-state index in [0.717, 1.165) is 0 Å². The van der Waals surface area contributed by atoms with Crippen LogP contribution in [0.15, 0.2) is 6.33 Å². The molecular formula is C9H14N2O3. The van der Waals surface area contributed by atoms with Crippen molar-refractivity contribution in [3.8, 4) is 0 Å². The van der Waals surface area contributed by atoms with Crippen LogP contribution < -0.4 is 4.73 Å². The Hall–Kier alpha value is -1.52. The molecule has 5 heteroatoms. The molecule has 1 rings (SSSR count). The van der Waals surface area contributed by atoms with Crippen LogP contribution in [0, 0.1) is 19.1 Å². The first-order valence-electron chi connectivity index (χ1n) is 4.49. The highest BCUT2D eigenvalue weighted by Gasteiger charge is 2.26. The predicted octanol–water partition coefficient (Wildman–Crippen LogP) is 0.774. The fraction of sp³-hybridized carbons (Fsp3) is 0.556. The molecule has 0 aromatic carbocycles. The topological polar surface area (TPSA) is 69.2 Å². The van der Waals surface area contributed by atoms with Gasteiger partial charge in [-0.1, -0.05) is 6.92 Å². The largest absolute Gasteiger partial charge is 0.711 e. The molecule has 78 valence electrons. The van der Waals surface area contributed by atoms with Crippen molar-refractivity contribution in [2.24, 2.45) is 0 Å². The third-order valence-corrected chi connectivity index (χ3v) is 2.48. The molecule has 0 aliphatic heterocycles. The summed E-state index contributed by atoms with van der Waals surface area (Å²) in [5, 5.41) is 20.1. The Labute approximate surface area is 82.2 Å². The normalized spacial score (nSPS) is 12.8. The third-order valence-electron chi connectivity index (χ3n) is 2.48. The van der Waals surface area contributed by atoms with Crippen molar-refractivity contribution in [3.05, 3.63) is 22.9 Å². The van der Waals surface area contributed by atoms with Gasteiger partial charge < -0.3 is 10.3 Å². The predicted molar refractivity (Wildman–Crippen MR) is 49.8 cm³/mol. The molecule has 0 radical (unpaired) electrons. The number of rotatable bonds is 3. The number of aromatic nitrogens is 2. The Morgan fingerprint density at radius 3 is 2.57 bits per heavy atom. The lowest BCUT2D eigenvalue weighted by atomic mass is 10.2. The summed E-state index contributed by atoms with van der Waals surface area (Å²) in [5.41, 5.74) is 1.25. The minimum atomic E-state index is -0.911. The van der Waals surface area contributed by atoms with E-state index in [2.05, 4.69) is 0 Å². The molecule has 0 aliphatic rings. The Balaban J connectivity index is 3.17. The van der Waals surface area contributed by atoms with Crippen molar-refractivity contribution in [1.29, 1.82) is 0 Å². The summed E-state index contributed by atoms with van der Waals surface area (Å²) in [5.74, 6) is -0.911. The highest BCUT2D eigenvalue weighted by Crippen LogP contribution is 2.15. The summed E-state index contributed by atoms with van der Waals surface area (Å²) < 4.78 is 2.20. The van der Waals surface area contributed by atoms with Gasteiger partial charge in [0.15, 0.2) is 6.04 Å². The standard InChI is InChI=1S/C9H14N2O3/c1-4-8(9(12)13)10-5-11(14)7(3)6(10)2/h5,8H,4H2,1-3H3,(H,12,13). The maximum Gasteiger partial charge on any atom is 0.349 e. The quantitative estimate of drug-likeness (QED) is 0.576. The monoisotopic (exact) mass is 198 g/mol. The molecule has 0 spiro atoms. The fourth-order valence-electron chi connectivity index (χ4n) is 1.44. The van der Waals surface area contributed by atoms with Crippen molar-refractivity contribution in [1.82, 2.24) is 4.57 Å². The van der Waals surface area contributed by atoms with Gasteiger partial charge in [0.1, 0.15) is 11.4 Å². The zero-order valence-electron chi connectivity index (χ0n) is 8.52. The SMILES string of the molecule is CCC(C(=O)O)n1c[n+]([O-])c(C)c1C. The highest BCUT2D eigenvalue weighted by molar-refractivity contribution is 5.71. The van der Waals surface area contributed by atoms with Crippen molar-refractivity contribution >= 4 is 5.97 Å². The second-order valence-electron chi connectivity index (χ2n) is 3.28. The van der Waals surface area contributed by atoms with E-state index >= 15 is 0 Å². The summed E-state index contributed by atoms with van der Waals surface area (Å²) in [4.78, 5) is 10.9. The molecule has 0 saturated carbocycles. The molecule has 1 atom stereocenters. The first kappa shape index (κ1) is 10.6. The van der Waals surface area contributed by atoms with Gasteiger partial charge in [-0.05, 0) is 6.42 Å². The summed E-state index contributed by atoms with van der Waals surface area (Å²) in [6.45, 7) is 5.20. The van der Waals surface area contributed by atoms with Gasteiger partial charge in [0.05, 0.1) is 0 Å². The molecule has 0 bridgehead atoms. The molecule has 1 aromatic rings. The summed E-state index contributed by atoms with van der Waals surface area (Å²) >= 11 is 0. The number of carbonyl (C=O) groups is 1. The third kappa shape index (κ3) is 1.57. The number of carboxylic acid groups (broad SMARTS) is 1. The molecule has 0 saturated heterocycles. The lowest BCUT2D eigenvalue weighted by molar-refractivity contribution is -0.611. The van der Waals surface area contributed by atoms with Crippen LogP contribution in [-0.4, -0.2) is 15.6 Å². The molecule has 1 aromatic heterocycles. The first-order valence-corrected chi connectivity index (χ1v) is 4.49. The maximum atomic E-state index is 11.2. The second kappa shape index (κ2) is 3.69. The number of nitrogens with zero attached hydrogens (tertiary/aromatic N) is 2. The van der Waals surface area contributed by atoms with Crippen LogP contribution in [0.4, 0.5) is 0 Å². The number of hydrogen-bond acceptors (Lipinski definition) is 2. The first-order chi connectivity index (χ1) is 6.49. The van der Waals surface area contributed by atoms with Crippen LogP contribution in [0.2, 0.25) is 0 Å². The Kier molecular flexibility index (Phi) is 2.78. The minimum Gasteiger partial charge on any atom is -0.711 e. The van der Waals surface area contributed by atoms with E-state index in [1.165, 1.54) is 10.9 Å². The molecule has 14 heavy (non-hydrogen) atoms. The van der Waals surface area contributed by atoms with Gasteiger partial charge in [-0.2, -0.15) is 0 Å². The van der Waals surface area contributed by atoms with Gasteiger partial charge in [-0.25, -0.2) is 14.1 Å². The minimum absolute atomic E-state index is 0.463. The number of aliphatic carboxylic acids is 1. The van der Waals surface area contributed by atoms with Gasteiger partial charge in [0.25, 0.3) is 0 Å². The van der Waals surface area contributed by atoms with E-state index in [9.17, 15) is 10.0 Å². The molecule has 1 unspecified atom stereocenters. The van der Waals surface area contributed by atoms with Crippen LogP contribution in [-0.2, 0) is 4.79 Å².